The molecule has 126 valence electrons. The lowest BCUT2D eigenvalue weighted by atomic mass is 10.1. The summed E-state index contributed by atoms with van der Waals surface area (Å²) < 4.78 is 5.80. The number of amides is 1. The zero-order valence-electron chi connectivity index (χ0n) is 13.7. The maximum atomic E-state index is 12.6. The lowest BCUT2D eigenvalue weighted by molar-refractivity contribution is 0.0743. The number of hydrogen-bond acceptors (Lipinski definition) is 3. The van der Waals surface area contributed by atoms with E-state index in [9.17, 15) is 4.79 Å². The molecule has 1 aliphatic rings. The molecule has 4 nitrogen and oxygen atoms in total. The molecule has 0 spiro atoms. The molecule has 5 heteroatoms. The van der Waals surface area contributed by atoms with Crippen molar-refractivity contribution in [1.29, 1.82) is 0 Å². The van der Waals surface area contributed by atoms with Crippen LogP contribution in [0.15, 0.2) is 48.5 Å². The molecule has 2 aromatic rings. The van der Waals surface area contributed by atoms with Crippen molar-refractivity contribution >= 4 is 17.5 Å². The Morgan fingerprint density at radius 3 is 2.88 bits per heavy atom. The molecule has 0 bridgehead atoms. The minimum absolute atomic E-state index is 0.0249. The molecule has 3 rings (SSSR count). The normalized spacial score (nSPS) is 16.8. The second-order valence-electron chi connectivity index (χ2n) is 6.01. The summed E-state index contributed by atoms with van der Waals surface area (Å²) in [6, 6.07) is 15.1. The average molecular weight is 345 g/mol. The summed E-state index contributed by atoms with van der Waals surface area (Å²) in [6.07, 6.45) is 0.993. The first kappa shape index (κ1) is 16.8. The molecule has 1 unspecified atom stereocenters. The summed E-state index contributed by atoms with van der Waals surface area (Å²) in [4.78, 5) is 14.4. The molecular weight excluding hydrogens is 324 g/mol. The summed E-state index contributed by atoms with van der Waals surface area (Å²) in [5.74, 6) is 0.704. The Morgan fingerprint density at radius 1 is 1.29 bits per heavy atom. The van der Waals surface area contributed by atoms with E-state index in [2.05, 4.69) is 5.32 Å². The molecule has 1 fully saturated rings. The Hall–Kier alpha value is -2.04. The number of nitrogens with one attached hydrogen (secondary N) is 1. The number of halogens is 1. The SMILES string of the molecule is CN(C(=O)c1cccc(OCc2cccc(Cl)c2)c1)C1CCNC1. The van der Waals surface area contributed by atoms with Crippen LogP contribution < -0.4 is 10.1 Å². The summed E-state index contributed by atoms with van der Waals surface area (Å²) in [5, 5.41) is 3.97. The maximum Gasteiger partial charge on any atom is 0.254 e. The van der Waals surface area contributed by atoms with E-state index >= 15 is 0 Å². The van der Waals surface area contributed by atoms with Gasteiger partial charge >= 0.3 is 0 Å². The summed E-state index contributed by atoms with van der Waals surface area (Å²) in [7, 11) is 1.86. The van der Waals surface area contributed by atoms with E-state index in [-0.39, 0.29) is 11.9 Å². The van der Waals surface area contributed by atoms with Crippen LogP contribution in [-0.4, -0.2) is 37.0 Å². The smallest absolute Gasteiger partial charge is 0.254 e. The molecule has 0 radical (unpaired) electrons. The number of nitrogens with zero attached hydrogens (tertiary/aromatic N) is 1. The monoisotopic (exact) mass is 344 g/mol. The molecule has 1 heterocycles. The molecule has 24 heavy (non-hydrogen) atoms. The van der Waals surface area contributed by atoms with Crippen molar-refractivity contribution in [2.24, 2.45) is 0 Å². The zero-order chi connectivity index (χ0) is 16.9. The zero-order valence-corrected chi connectivity index (χ0v) is 14.4. The van der Waals surface area contributed by atoms with Crippen LogP contribution in [0, 0.1) is 0 Å². The van der Waals surface area contributed by atoms with E-state index in [1.165, 1.54) is 0 Å². The minimum Gasteiger partial charge on any atom is -0.489 e. The molecule has 1 amide bonds. The van der Waals surface area contributed by atoms with Gasteiger partial charge in [-0.25, -0.2) is 0 Å². The van der Waals surface area contributed by atoms with Crippen molar-refractivity contribution in [3.63, 3.8) is 0 Å². The van der Waals surface area contributed by atoms with Crippen molar-refractivity contribution in [3.05, 3.63) is 64.7 Å². The van der Waals surface area contributed by atoms with Crippen LogP contribution in [0.1, 0.15) is 22.3 Å². The highest BCUT2D eigenvalue weighted by Gasteiger charge is 2.24. The van der Waals surface area contributed by atoms with Gasteiger partial charge in [0.1, 0.15) is 12.4 Å². The van der Waals surface area contributed by atoms with Crippen LogP contribution in [0.4, 0.5) is 0 Å². The molecule has 1 saturated heterocycles. The highest BCUT2D eigenvalue weighted by Crippen LogP contribution is 2.19. The van der Waals surface area contributed by atoms with Crippen LogP contribution in [0.5, 0.6) is 5.75 Å². The van der Waals surface area contributed by atoms with Gasteiger partial charge in [-0.2, -0.15) is 0 Å². The highest BCUT2D eigenvalue weighted by molar-refractivity contribution is 6.30. The van der Waals surface area contributed by atoms with Crippen LogP contribution in [0.25, 0.3) is 0 Å². The summed E-state index contributed by atoms with van der Waals surface area (Å²) in [6.45, 7) is 2.23. The molecule has 0 aliphatic carbocycles. The third kappa shape index (κ3) is 4.08. The number of hydrogen-bond donors (Lipinski definition) is 1. The van der Waals surface area contributed by atoms with Gasteiger partial charge in [-0.3, -0.25) is 4.79 Å². The maximum absolute atomic E-state index is 12.6. The fourth-order valence-electron chi connectivity index (χ4n) is 2.85. The Bertz CT molecular complexity index is 714. The molecule has 0 saturated carbocycles. The molecular formula is C19H21ClN2O2. The number of likely N-dealkylation sites (N-methyl/N-ethyl adjacent to an activating group) is 1. The van der Waals surface area contributed by atoms with E-state index in [0.29, 0.717) is 22.9 Å². The van der Waals surface area contributed by atoms with Gasteiger partial charge in [0.2, 0.25) is 0 Å². The first-order chi connectivity index (χ1) is 11.6. The number of ether oxygens (including phenoxy) is 1. The topological polar surface area (TPSA) is 41.6 Å². The third-order valence-electron chi connectivity index (χ3n) is 4.28. The lowest BCUT2D eigenvalue weighted by Crippen LogP contribution is -2.38. The molecule has 1 atom stereocenters. The second kappa shape index (κ2) is 7.69. The Balaban J connectivity index is 1.66. The summed E-state index contributed by atoms with van der Waals surface area (Å²) in [5.41, 5.74) is 1.64. The van der Waals surface area contributed by atoms with Crippen molar-refractivity contribution in [1.82, 2.24) is 10.2 Å². The van der Waals surface area contributed by atoms with Gasteiger partial charge in [0.15, 0.2) is 0 Å². The number of rotatable bonds is 5. The minimum atomic E-state index is 0.0249. The fraction of sp³-hybridized carbons (Fsp3) is 0.316. The van der Waals surface area contributed by atoms with Gasteiger partial charge in [-0.1, -0.05) is 29.8 Å². The van der Waals surface area contributed by atoms with Crippen molar-refractivity contribution in [2.75, 3.05) is 20.1 Å². The van der Waals surface area contributed by atoms with Gasteiger partial charge in [-0.15, -0.1) is 0 Å². The average Bonchev–Trinajstić information content (AvgIpc) is 3.14. The number of benzene rings is 2. The van der Waals surface area contributed by atoms with Gasteiger partial charge in [-0.05, 0) is 48.9 Å². The van der Waals surface area contributed by atoms with Crippen molar-refractivity contribution in [3.8, 4) is 5.75 Å². The predicted molar refractivity (Wildman–Crippen MR) is 95.6 cm³/mol. The Kier molecular flexibility index (Phi) is 5.38. The number of carbonyl (C=O) groups excluding carboxylic acids is 1. The highest BCUT2D eigenvalue weighted by atomic mass is 35.5. The van der Waals surface area contributed by atoms with Crippen LogP contribution in [-0.2, 0) is 6.61 Å². The van der Waals surface area contributed by atoms with Gasteiger partial charge in [0.25, 0.3) is 5.91 Å². The van der Waals surface area contributed by atoms with Crippen molar-refractivity contribution in [2.45, 2.75) is 19.1 Å². The molecule has 1 aliphatic heterocycles. The molecule has 1 N–H and O–H groups in total. The van der Waals surface area contributed by atoms with Gasteiger partial charge < -0.3 is 15.0 Å². The van der Waals surface area contributed by atoms with Crippen LogP contribution >= 0.6 is 11.6 Å². The number of carbonyl (C=O) groups is 1. The van der Waals surface area contributed by atoms with Crippen molar-refractivity contribution < 1.29 is 9.53 Å². The predicted octanol–water partition coefficient (Wildman–Crippen LogP) is 3.35. The summed E-state index contributed by atoms with van der Waals surface area (Å²) >= 11 is 5.98. The fourth-order valence-corrected chi connectivity index (χ4v) is 3.06. The quantitative estimate of drug-likeness (QED) is 0.904. The Morgan fingerprint density at radius 2 is 2.12 bits per heavy atom. The van der Waals surface area contributed by atoms with E-state index in [4.69, 9.17) is 16.3 Å². The molecule has 2 aromatic carbocycles. The standard InChI is InChI=1S/C19H21ClN2O2/c1-22(17-8-9-21-12-17)19(23)15-5-3-7-18(11-15)24-13-14-4-2-6-16(20)10-14/h2-7,10-11,17,21H,8-9,12-13H2,1H3. The van der Waals surface area contributed by atoms with E-state index in [1.54, 1.807) is 6.07 Å². The van der Waals surface area contributed by atoms with Crippen LogP contribution in [0.2, 0.25) is 5.02 Å². The third-order valence-corrected chi connectivity index (χ3v) is 4.51. The largest absolute Gasteiger partial charge is 0.489 e. The lowest BCUT2D eigenvalue weighted by Gasteiger charge is -2.24. The van der Waals surface area contributed by atoms with E-state index in [1.807, 2.05) is 54.4 Å². The van der Waals surface area contributed by atoms with Gasteiger partial charge in [0, 0.05) is 30.2 Å². The second-order valence-corrected chi connectivity index (χ2v) is 6.45. The van der Waals surface area contributed by atoms with E-state index < -0.39 is 0 Å². The first-order valence-corrected chi connectivity index (χ1v) is 8.46. The Labute approximate surface area is 147 Å². The van der Waals surface area contributed by atoms with E-state index in [0.717, 1.165) is 25.1 Å². The molecule has 0 aromatic heterocycles. The first-order valence-electron chi connectivity index (χ1n) is 8.08. The van der Waals surface area contributed by atoms with Crippen LogP contribution in [0.3, 0.4) is 0 Å². The van der Waals surface area contributed by atoms with Gasteiger partial charge in [0.05, 0.1) is 0 Å².